The van der Waals surface area contributed by atoms with Crippen LogP contribution in [0.15, 0.2) is 18.2 Å². The minimum atomic E-state index is -0.635. The summed E-state index contributed by atoms with van der Waals surface area (Å²) in [7, 11) is 0. The third-order valence-corrected chi connectivity index (χ3v) is 3.75. The van der Waals surface area contributed by atoms with Crippen molar-refractivity contribution in [3.8, 4) is 11.5 Å². The lowest BCUT2D eigenvalue weighted by Gasteiger charge is -2.22. The van der Waals surface area contributed by atoms with Crippen LogP contribution in [0.4, 0.5) is 0 Å². The Labute approximate surface area is 118 Å². The average Bonchev–Trinajstić information content (AvgIpc) is 2.95. The first-order chi connectivity index (χ1) is 9.83. The first kappa shape index (κ1) is 13.7. The molecule has 0 bridgehead atoms. The van der Waals surface area contributed by atoms with Crippen LogP contribution in [-0.2, 0) is 9.47 Å². The standard InChI is InChI=1S/C15H20O5/c16-13(9-18-8-11-3-5-17-6-4-11)12-1-2-14-15(7-12)20-10-19-14/h1-2,7,11,13,16H,3-6,8-10H2. The molecule has 1 fully saturated rings. The van der Waals surface area contributed by atoms with Gasteiger partial charge in [0.1, 0.15) is 6.10 Å². The van der Waals surface area contributed by atoms with Gasteiger partial charge in [-0.05, 0) is 36.5 Å². The van der Waals surface area contributed by atoms with Gasteiger partial charge in [-0.1, -0.05) is 6.07 Å². The Kier molecular flexibility index (Phi) is 4.40. The number of aliphatic hydroxyl groups is 1. The smallest absolute Gasteiger partial charge is 0.231 e. The van der Waals surface area contributed by atoms with Crippen LogP contribution in [-0.4, -0.2) is 38.3 Å². The number of fused-ring (bicyclic) bond motifs is 1. The summed E-state index contributed by atoms with van der Waals surface area (Å²) in [6, 6.07) is 5.47. The number of hydrogen-bond donors (Lipinski definition) is 1. The van der Waals surface area contributed by atoms with Crippen LogP contribution < -0.4 is 9.47 Å². The molecule has 110 valence electrons. The van der Waals surface area contributed by atoms with E-state index in [-0.39, 0.29) is 6.79 Å². The molecule has 0 radical (unpaired) electrons. The first-order valence-electron chi connectivity index (χ1n) is 7.06. The maximum atomic E-state index is 10.1. The van der Waals surface area contributed by atoms with Crippen LogP contribution in [0.1, 0.15) is 24.5 Å². The quantitative estimate of drug-likeness (QED) is 0.892. The van der Waals surface area contributed by atoms with Crippen molar-refractivity contribution in [3.63, 3.8) is 0 Å². The summed E-state index contributed by atoms with van der Waals surface area (Å²) < 4.78 is 21.5. The topological polar surface area (TPSA) is 57.2 Å². The molecule has 5 heteroatoms. The molecule has 1 aromatic rings. The molecular weight excluding hydrogens is 260 g/mol. The summed E-state index contributed by atoms with van der Waals surface area (Å²) in [5.74, 6) is 1.96. The predicted molar refractivity (Wildman–Crippen MR) is 71.9 cm³/mol. The van der Waals surface area contributed by atoms with Gasteiger partial charge in [0.05, 0.1) is 6.61 Å². The maximum Gasteiger partial charge on any atom is 0.231 e. The van der Waals surface area contributed by atoms with E-state index in [9.17, 15) is 5.11 Å². The summed E-state index contributed by atoms with van der Waals surface area (Å²) >= 11 is 0. The Bertz CT molecular complexity index is 442. The van der Waals surface area contributed by atoms with Crippen molar-refractivity contribution in [3.05, 3.63) is 23.8 Å². The molecule has 5 nitrogen and oxygen atoms in total. The molecule has 1 atom stereocenters. The number of hydrogen-bond acceptors (Lipinski definition) is 5. The molecule has 0 saturated carbocycles. The van der Waals surface area contributed by atoms with Crippen molar-refractivity contribution in [1.82, 2.24) is 0 Å². The summed E-state index contributed by atoms with van der Waals surface area (Å²) in [5, 5.41) is 10.1. The van der Waals surface area contributed by atoms with Crippen molar-refractivity contribution >= 4 is 0 Å². The maximum absolute atomic E-state index is 10.1. The van der Waals surface area contributed by atoms with Crippen LogP contribution in [0, 0.1) is 5.92 Å². The van der Waals surface area contributed by atoms with Crippen LogP contribution in [0.25, 0.3) is 0 Å². The van der Waals surface area contributed by atoms with E-state index in [0.29, 0.717) is 24.9 Å². The summed E-state index contributed by atoms with van der Waals surface area (Å²) in [5.41, 5.74) is 0.793. The van der Waals surface area contributed by atoms with Gasteiger partial charge >= 0.3 is 0 Å². The molecule has 0 aromatic heterocycles. The largest absolute Gasteiger partial charge is 0.454 e. The van der Waals surface area contributed by atoms with Gasteiger partial charge < -0.3 is 24.1 Å². The molecule has 0 amide bonds. The Hall–Kier alpha value is -1.30. The summed E-state index contributed by atoms with van der Waals surface area (Å²) in [4.78, 5) is 0. The van der Waals surface area contributed by atoms with E-state index in [1.165, 1.54) is 0 Å². The van der Waals surface area contributed by atoms with E-state index < -0.39 is 6.10 Å². The van der Waals surface area contributed by atoms with Gasteiger partial charge in [0.2, 0.25) is 6.79 Å². The zero-order valence-corrected chi connectivity index (χ0v) is 11.4. The normalized spacial score (nSPS) is 20.1. The average molecular weight is 280 g/mol. The number of ether oxygens (including phenoxy) is 4. The second-order valence-corrected chi connectivity index (χ2v) is 5.22. The minimum Gasteiger partial charge on any atom is -0.454 e. The van der Waals surface area contributed by atoms with Crippen molar-refractivity contribution in [2.75, 3.05) is 33.2 Å². The predicted octanol–water partition coefficient (Wildman–Crippen LogP) is 1.89. The van der Waals surface area contributed by atoms with Crippen LogP contribution in [0.3, 0.4) is 0 Å². The lowest BCUT2D eigenvalue weighted by Crippen LogP contribution is -2.21. The van der Waals surface area contributed by atoms with Crippen molar-refractivity contribution in [2.24, 2.45) is 5.92 Å². The third kappa shape index (κ3) is 3.23. The fraction of sp³-hybridized carbons (Fsp3) is 0.600. The number of benzene rings is 1. The second kappa shape index (κ2) is 6.43. The van der Waals surface area contributed by atoms with E-state index in [0.717, 1.165) is 37.4 Å². The molecular formula is C15H20O5. The summed E-state index contributed by atoms with van der Waals surface area (Å²) in [6.07, 6.45) is 1.45. The fourth-order valence-electron chi connectivity index (χ4n) is 2.48. The van der Waals surface area contributed by atoms with Crippen molar-refractivity contribution in [1.29, 1.82) is 0 Å². The van der Waals surface area contributed by atoms with Gasteiger partial charge in [0, 0.05) is 19.8 Å². The highest BCUT2D eigenvalue weighted by molar-refractivity contribution is 5.45. The third-order valence-electron chi connectivity index (χ3n) is 3.75. The molecule has 2 heterocycles. The summed E-state index contributed by atoms with van der Waals surface area (Å²) in [6.45, 7) is 2.87. The molecule has 1 saturated heterocycles. The Morgan fingerprint density at radius 2 is 2.00 bits per heavy atom. The lowest BCUT2D eigenvalue weighted by atomic mass is 10.0. The highest BCUT2D eigenvalue weighted by atomic mass is 16.7. The van der Waals surface area contributed by atoms with Gasteiger partial charge in [-0.3, -0.25) is 0 Å². The highest BCUT2D eigenvalue weighted by Gasteiger charge is 2.18. The van der Waals surface area contributed by atoms with E-state index in [1.807, 2.05) is 18.2 Å². The lowest BCUT2D eigenvalue weighted by molar-refractivity contribution is -0.00969. The van der Waals surface area contributed by atoms with E-state index in [2.05, 4.69) is 0 Å². The molecule has 1 aromatic carbocycles. The molecule has 20 heavy (non-hydrogen) atoms. The molecule has 0 spiro atoms. The first-order valence-corrected chi connectivity index (χ1v) is 7.06. The van der Waals surface area contributed by atoms with Crippen molar-refractivity contribution < 1.29 is 24.1 Å². The second-order valence-electron chi connectivity index (χ2n) is 5.22. The van der Waals surface area contributed by atoms with E-state index in [4.69, 9.17) is 18.9 Å². The molecule has 2 aliphatic rings. The molecule has 1 N–H and O–H groups in total. The Morgan fingerprint density at radius 1 is 1.20 bits per heavy atom. The van der Waals surface area contributed by atoms with Gasteiger partial charge in [-0.25, -0.2) is 0 Å². The monoisotopic (exact) mass is 280 g/mol. The van der Waals surface area contributed by atoms with Gasteiger partial charge in [0.25, 0.3) is 0 Å². The van der Waals surface area contributed by atoms with Gasteiger partial charge in [0.15, 0.2) is 11.5 Å². The van der Waals surface area contributed by atoms with Crippen LogP contribution >= 0.6 is 0 Å². The Balaban J connectivity index is 1.47. The van der Waals surface area contributed by atoms with Gasteiger partial charge in [-0.2, -0.15) is 0 Å². The van der Waals surface area contributed by atoms with Crippen molar-refractivity contribution in [2.45, 2.75) is 18.9 Å². The highest BCUT2D eigenvalue weighted by Crippen LogP contribution is 2.34. The van der Waals surface area contributed by atoms with Crippen LogP contribution in [0.2, 0.25) is 0 Å². The minimum absolute atomic E-state index is 0.245. The zero-order chi connectivity index (χ0) is 13.8. The van der Waals surface area contributed by atoms with Crippen LogP contribution in [0.5, 0.6) is 11.5 Å². The van der Waals surface area contributed by atoms with E-state index >= 15 is 0 Å². The Morgan fingerprint density at radius 3 is 2.85 bits per heavy atom. The number of rotatable bonds is 5. The molecule has 1 unspecified atom stereocenters. The van der Waals surface area contributed by atoms with E-state index in [1.54, 1.807) is 0 Å². The van der Waals surface area contributed by atoms with Gasteiger partial charge in [-0.15, -0.1) is 0 Å². The SMILES string of the molecule is OC(COCC1CCOCC1)c1ccc2c(c1)OCO2. The number of aliphatic hydroxyl groups excluding tert-OH is 1. The molecule has 2 aliphatic heterocycles. The molecule has 0 aliphatic carbocycles. The fourth-order valence-corrected chi connectivity index (χ4v) is 2.48. The zero-order valence-electron chi connectivity index (χ0n) is 11.4. The molecule has 3 rings (SSSR count).